The zero-order chi connectivity index (χ0) is 14.5. The molecular formula is C14H15FN4O. The van der Waals surface area contributed by atoms with E-state index in [0.29, 0.717) is 17.2 Å². The van der Waals surface area contributed by atoms with Gasteiger partial charge in [-0.25, -0.2) is 14.4 Å². The molecular weight excluding hydrogens is 259 g/mol. The highest BCUT2D eigenvalue weighted by molar-refractivity contribution is 6.04. The molecule has 0 bridgehead atoms. The van der Waals surface area contributed by atoms with Gasteiger partial charge in [-0.15, -0.1) is 0 Å². The van der Waals surface area contributed by atoms with Crippen molar-refractivity contribution in [3.05, 3.63) is 47.5 Å². The van der Waals surface area contributed by atoms with Crippen LogP contribution in [0.2, 0.25) is 0 Å². The summed E-state index contributed by atoms with van der Waals surface area (Å²) in [5, 5.41) is 5.67. The third-order valence-corrected chi connectivity index (χ3v) is 2.54. The number of aryl methyl sites for hydroxylation is 1. The van der Waals surface area contributed by atoms with E-state index in [1.54, 1.807) is 12.1 Å². The molecule has 0 aliphatic rings. The van der Waals surface area contributed by atoms with E-state index in [1.807, 2.05) is 13.8 Å². The minimum absolute atomic E-state index is 0.302. The van der Waals surface area contributed by atoms with Crippen molar-refractivity contribution in [1.29, 1.82) is 0 Å². The van der Waals surface area contributed by atoms with Crippen LogP contribution in [0.3, 0.4) is 0 Å². The molecule has 0 radical (unpaired) electrons. The largest absolute Gasteiger partial charge is 0.370 e. The zero-order valence-electron chi connectivity index (χ0n) is 11.3. The molecule has 2 N–H and O–H groups in total. The first-order valence-electron chi connectivity index (χ1n) is 6.24. The molecule has 0 atom stereocenters. The number of hydrogen-bond donors (Lipinski definition) is 2. The van der Waals surface area contributed by atoms with Gasteiger partial charge >= 0.3 is 0 Å². The van der Waals surface area contributed by atoms with Crippen molar-refractivity contribution in [1.82, 2.24) is 9.97 Å². The van der Waals surface area contributed by atoms with Crippen molar-refractivity contribution < 1.29 is 9.18 Å². The lowest BCUT2D eigenvalue weighted by Gasteiger charge is -2.08. The number of hydrogen-bond acceptors (Lipinski definition) is 4. The Morgan fingerprint density at radius 3 is 2.75 bits per heavy atom. The van der Waals surface area contributed by atoms with Gasteiger partial charge in [0.2, 0.25) is 0 Å². The zero-order valence-corrected chi connectivity index (χ0v) is 11.3. The molecule has 2 aromatic rings. The average molecular weight is 274 g/mol. The maximum atomic E-state index is 12.7. The quantitative estimate of drug-likeness (QED) is 0.899. The number of pyridine rings is 2. The molecule has 0 saturated heterocycles. The van der Waals surface area contributed by atoms with Gasteiger partial charge in [0.15, 0.2) is 0 Å². The number of rotatable bonds is 4. The Bertz CT molecular complexity index is 613. The van der Waals surface area contributed by atoms with Crippen LogP contribution in [0.25, 0.3) is 0 Å². The van der Waals surface area contributed by atoms with E-state index in [9.17, 15) is 9.18 Å². The third-order valence-electron chi connectivity index (χ3n) is 2.54. The topological polar surface area (TPSA) is 66.9 Å². The Morgan fingerprint density at radius 1 is 1.30 bits per heavy atom. The van der Waals surface area contributed by atoms with Crippen LogP contribution < -0.4 is 10.6 Å². The maximum Gasteiger partial charge on any atom is 0.257 e. The van der Waals surface area contributed by atoms with Crippen molar-refractivity contribution in [2.75, 3.05) is 17.2 Å². The predicted octanol–water partition coefficient (Wildman–Crippen LogP) is 2.61. The summed E-state index contributed by atoms with van der Waals surface area (Å²) in [6.07, 6.45) is 1.05. The van der Waals surface area contributed by atoms with E-state index < -0.39 is 5.82 Å². The van der Waals surface area contributed by atoms with E-state index in [1.165, 1.54) is 12.1 Å². The summed E-state index contributed by atoms with van der Waals surface area (Å²) in [4.78, 5) is 20.2. The molecule has 0 unspecified atom stereocenters. The maximum absolute atomic E-state index is 12.7. The Morgan fingerprint density at radius 2 is 2.10 bits per heavy atom. The number of carbonyl (C=O) groups is 1. The van der Waals surface area contributed by atoms with E-state index in [-0.39, 0.29) is 5.91 Å². The number of carbonyl (C=O) groups excluding carboxylic acids is 1. The summed E-state index contributed by atoms with van der Waals surface area (Å²) in [5.41, 5.74) is 1.21. The second-order valence-electron chi connectivity index (χ2n) is 4.23. The van der Waals surface area contributed by atoms with Crippen molar-refractivity contribution in [2.24, 2.45) is 0 Å². The van der Waals surface area contributed by atoms with E-state index in [4.69, 9.17) is 0 Å². The minimum atomic E-state index is -0.447. The predicted molar refractivity (Wildman–Crippen MR) is 75.3 cm³/mol. The molecule has 6 heteroatoms. The monoisotopic (exact) mass is 274 g/mol. The number of halogens is 1. The van der Waals surface area contributed by atoms with Crippen LogP contribution in [0.15, 0.2) is 30.5 Å². The lowest BCUT2D eigenvalue weighted by atomic mass is 10.2. The molecule has 5 nitrogen and oxygen atoms in total. The van der Waals surface area contributed by atoms with Gasteiger partial charge in [0.05, 0.1) is 6.20 Å². The second-order valence-corrected chi connectivity index (χ2v) is 4.23. The number of nitrogens with one attached hydrogen (secondary N) is 2. The normalized spacial score (nSPS) is 10.2. The Kier molecular flexibility index (Phi) is 4.24. The summed E-state index contributed by atoms with van der Waals surface area (Å²) >= 11 is 0. The van der Waals surface area contributed by atoms with Crippen molar-refractivity contribution in [3.63, 3.8) is 0 Å². The highest BCUT2D eigenvalue weighted by atomic mass is 19.1. The molecule has 0 spiro atoms. The number of nitrogens with zero attached hydrogens (tertiary/aromatic N) is 2. The van der Waals surface area contributed by atoms with Crippen LogP contribution in [0.5, 0.6) is 0 Å². The molecule has 0 fully saturated rings. The summed E-state index contributed by atoms with van der Waals surface area (Å²) in [6, 6.07) is 5.99. The van der Waals surface area contributed by atoms with E-state index >= 15 is 0 Å². The highest BCUT2D eigenvalue weighted by Gasteiger charge is 2.09. The molecule has 0 aliphatic heterocycles. The minimum Gasteiger partial charge on any atom is -0.370 e. The van der Waals surface area contributed by atoms with Gasteiger partial charge in [-0.2, -0.15) is 0 Å². The van der Waals surface area contributed by atoms with Crippen molar-refractivity contribution >= 4 is 17.5 Å². The summed E-state index contributed by atoms with van der Waals surface area (Å²) < 4.78 is 12.7. The van der Waals surface area contributed by atoms with Gasteiger partial charge in [-0.05, 0) is 38.1 Å². The van der Waals surface area contributed by atoms with Gasteiger partial charge in [0.25, 0.3) is 5.91 Å². The Hall–Kier alpha value is -2.50. The molecule has 2 rings (SSSR count). The lowest BCUT2D eigenvalue weighted by molar-refractivity contribution is 0.102. The average Bonchev–Trinajstić information content (AvgIpc) is 2.41. The summed E-state index contributed by atoms with van der Waals surface area (Å²) in [5.74, 6) is 0.187. The second kappa shape index (κ2) is 6.10. The molecule has 1 amide bonds. The van der Waals surface area contributed by atoms with Crippen molar-refractivity contribution in [3.8, 4) is 0 Å². The van der Waals surface area contributed by atoms with Crippen LogP contribution in [-0.4, -0.2) is 22.4 Å². The Labute approximate surface area is 116 Å². The number of aromatic nitrogens is 2. The van der Waals surface area contributed by atoms with Gasteiger partial charge in [-0.1, -0.05) is 0 Å². The fraction of sp³-hybridized carbons (Fsp3) is 0.214. The SMILES string of the molecule is CCNc1cc(C(=O)Nc2ccc(F)cn2)cc(C)n1. The first kappa shape index (κ1) is 13.9. The van der Waals surface area contributed by atoms with Crippen LogP contribution in [0.4, 0.5) is 16.0 Å². The van der Waals surface area contributed by atoms with Gasteiger partial charge in [-0.3, -0.25) is 4.79 Å². The lowest BCUT2D eigenvalue weighted by Crippen LogP contribution is -2.14. The van der Waals surface area contributed by atoms with Crippen LogP contribution >= 0.6 is 0 Å². The van der Waals surface area contributed by atoms with Gasteiger partial charge in [0.1, 0.15) is 17.5 Å². The molecule has 104 valence electrons. The fourth-order valence-corrected chi connectivity index (χ4v) is 1.71. The van der Waals surface area contributed by atoms with E-state index in [0.717, 1.165) is 18.4 Å². The highest BCUT2D eigenvalue weighted by Crippen LogP contribution is 2.12. The number of anilines is 2. The summed E-state index contributed by atoms with van der Waals surface area (Å²) in [7, 11) is 0. The molecule has 2 aromatic heterocycles. The Balaban J connectivity index is 2.18. The number of amides is 1. The van der Waals surface area contributed by atoms with Crippen LogP contribution in [0, 0.1) is 12.7 Å². The molecule has 2 heterocycles. The summed E-state index contributed by atoms with van der Waals surface area (Å²) in [6.45, 7) is 4.48. The first-order chi connectivity index (χ1) is 9.58. The van der Waals surface area contributed by atoms with Crippen LogP contribution in [0.1, 0.15) is 23.0 Å². The molecule has 0 aliphatic carbocycles. The molecule has 0 saturated carbocycles. The standard InChI is InChI=1S/C14H15FN4O/c1-3-16-13-7-10(6-9(2)18-13)14(20)19-12-5-4-11(15)8-17-12/h4-8H,3H2,1-2H3,(H,16,18)(H,17,19,20). The van der Waals surface area contributed by atoms with Gasteiger partial charge in [0, 0.05) is 17.8 Å². The first-order valence-corrected chi connectivity index (χ1v) is 6.24. The van der Waals surface area contributed by atoms with Crippen LogP contribution in [-0.2, 0) is 0 Å². The third kappa shape index (κ3) is 3.50. The fourth-order valence-electron chi connectivity index (χ4n) is 1.71. The molecule has 20 heavy (non-hydrogen) atoms. The van der Waals surface area contributed by atoms with Crippen molar-refractivity contribution in [2.45, 2.75) is 13.8 Å². The van der Waals surface area contributed by atoms with Gasteiger partial charge < -0.3 is 10.6 Å². The smallest absolute Gasteiger partial charge is 0.257 e. The van der Waals surface area contributed by atoms with E-state index in [2.05, 4.69) is 20.6 Å². The molecule has 0 aromatic carbocycles.